The Morgan fingerprint density at radius 2 is 1.76 bits per heavy atom. The molecular formula is C18H18ClNO5. The first-order chi connectivity index (χ1) is 12.0. The minimum Gasteiger partial charge on any atom is -0.493 e. The second-order valence-electron chi connectivity index (χ2n) is 5.09. The van der Waals surface area contributed by atoms with Gasteiger partial charge in [-0.05, 0) is 37.3 Å². The summed E-state index contributed by atoms with van der Waals surface area (Å²) >= 11 is 6.07. The number of benzene rings is 2. The third kappa shape index (κ3) is 4.64. The molecule has 132 valence electrons. The topological polar surface area (TPSA) is 73.9 Å². The first kappa shape index (κ1) is 18.6. The second-order valence-corrected chi connectivity index (χ2v) is 5.49. The van der Waals surface area contributed by atoms with Crippen LogP contribution in [0.1, 0.15) is 17.3 Å². The molecule has 2 aromatic rings. The maximum atomic E-state index is 12.4. The SMILES string of the molecule is COC(=O)c1ccc(Cl)c(NC(=O)[C@@H](C)Oc2ccccc2OC)c1. The summed E-state index contributed by atoms with van der Waals surface area (Å²) in [6.45, 7) is 1.60. The molecular weight excluding hydrogens is 346 g/mol. The Morgan fingerprint density at radius 3 is 2.40 bits per heavy atom. The van der Waals surface area contributed by atoms with E-state index in [0.717, 1.165) is 0 Å². The monoisotopic (exact) mass is 363 g/mol. The van der Waals surface area contributed by atoms with Crippen molar-refractivity contribution >= 4 is 29.2 Å². The van der Waals surface area contributed by atoms with Crippen LogP contribution in [0.2, 0.25) is 5.02 Å². The molecule has 6 nitrogen and oxygen atoms in total. The zero-order valence-corrected chi connectivity index (χ0v) is 14.8. The molecule has 0 bridgehead atoms. The fraction of sp³-hybridized carbons (Fsp3) is 0.222. The third-order valence-electron chi connectivity index (χ3n) is 3.39. The van der Waals surface area contributed by atoms with Crippen LogP contribution < -0.4 is 14.8 Å². The van der Waals surface area contributed by atoms with Crippen LogP contribution in [-0.2, 0) is 9.53 Å². The number of hydrogen-bond donors (Lipinski definition) is 1. The van der Waals surface area contributed by atoms with Crippen molar-refractivity contribution in [2.75, 3.05) is 19.5 Å². The standard InChI is InChI=1S/C18H18ClNO5/c1-11(25-16-7-5-4-6-15(16)23-2)17(21)20-14-10-12(18(22)24-3)8-9-13(14)19/h4-11H,1-3H3,(H,20,21)/t11-/m1/s1. The quantitative estimate of drug-likeness (QED) is 0.794. The Kier molecular flexibility index (Phi) is 6.25. The van der Waals surface area contributed by atoms with E-state index in [-0.39, 0.29) is 5.56 Å². The highest BCUT2D eigenvalue weighted by atomic mass is 35.5. The summed E-state index contributed by atoms with van der Waals surface area (Å²) < 4.78 is 15.5. The van der Waals surface area contributed by atoms with Gasteiger partial charge in [0.05, 0.1) is 30.5 Å². The van der Waals surface area contributed by atoms with E-state index in [9.17, 15) is 9.59 Å². The Morgan fingerprint density at radius 1 is 1.08 bits per heavy atom. The second kappa shape index (κ2) is 8.39. The first-order valence-corrected chi connectivity index (χ1v) is 7.82. The van der Waals surface area contributed by atoms with Gasteiger partial charge in [0.2, 0.25) is 0 Å². The van der Waals surface area contributed by atoms with Gasteiger partial charge in [-0.15, -0.1) is 0 Å². The molecule has 0 saturated heterocycles. The summed E-state index contributed by atoms with van der Waals surface area (Å²) in [5.41, 5.74) is 0.575. The van der Waals surface area contributed by atoms with Gasteiger partial charge >= 0.3 is 5.97 Å². The maximum Gasteiger partial charge on any atom is 0.337 e. The van der Waals surface area contributed by atoms with Gasteiger partial charge < -0.3 is 19.5 Å². The number of halogens is 1. The van der Waals surface area contributed by atoms with Crippen LogP contribution in [0.15, 0.2) is 42.5 Å². The van der Waals surface area contributed by atoms with Crippen molar-refractivity contribution in [3.05, 3.63) is 53.1 Å². The minimum atomic E-state index is -0.811. The number of methoxy groups -OCH3 is 2. The average molecular weight is 364 g/mol. The summed E-state index contributed by atoms with van der Waals surface area (Å²) in [4.78, 5) is 24.0. The summed E-state index contributed by atoms with van der Waals surface area (Å²) in [6.07, 6.45) is -0.811. The molecule has 0 fully saturated rings. The number of carbonyl (C=O) groups is 2. The van der Waals surface area contributed by atoms with Crippen LogP contribution in [0, 0.1) is 0 Å². The van der Waals surface area contributed by atoms with Crippen LogP contribution in [0.4, 0.5) is 5.69 Å². The number of hydrogen-bond acceptors (Lipinski definition) is 5. The number of ether oxygens (including phenoxy) is 3. The van der Waals surface area contributed by atoms with E-state index < -0.39 is 18.0 Å². The van der Waals surface area contributed by atoms with Crippen molar-refractivity contribution in [1.29, 1.82) is 0 Å². The lowest BCUT2D eigenvalue weighted by Crippen LogP contribution is -2.30. The van der Waals surface area contributed by atoms with Gasteiger partial charge in [-0.3, -0.25) is 4.79 Å². The molecule has 7 heteroatoms. The largest absolute Gasteiger partial charge is 0.493 e. The molecule has 0 spiro atoms. The van der Waals surface area contributed by atoms with Crippen molar-refractivity contribution in [2.45, 2.75) is 13.0 Å². The maximum absolute atomic E-state index is 12.4. The third-order valence-corrected chi connectivity index (χ3v) is 3.72. The molecule has 0 heterocycles. The minimum absolute atomic E-state index is 0.278. The number of para-hydroxylation sites is 2. The van der Waals surface area contributed by atoms with E-state index in [4.69, 9.17) is 21.1 Å². The van der Waals surface area contributed by atoms with Gasteiger partial charge in [-0.1, -0.05) is 23.7 Å². The predicted molar refractivity (Wildman–Crippen MR) is 94.5 cm³/mol. The smallest absolute Gasteiger partial charge is 0.337 e. The number of carbonyl (C=O) groups excluding carboxylic acids is 2. The van der Waals surface area contributed by atoms with E-state index in [1.165, 1.54) is 32.4 Å². The molecule has 2 rings (SSSR count). The molecule has 0 saturated carbocycles. The molecule has 0 aliphatic heterocycles. The summed E-state index contributed by atoms with van der Waals surface area (Å²) in [5.74, 6) is 0.0234. The lowest BCUT2D eigenvalue weighted by Gasteiger charge is -2.17. The molecule has 0 aromatic heterocycles. The fourth-order valence-electron chi connectivity index (χ4n) is 2.06. The van der Waals surface area contributed by atoms with Crippen LogP contribution in [0.5, 0.6) is 11.5 Å². The number of rotatable bonds is 6. The van der Waals surface area contributed by atoms with Crippen LogP contribution in [-0.4, -0.2) is 32.2 Å². The van der Waals surface area contributed by atoms with Gasteiger partial charge in [-0.2, -0.15) is 0 Å². The molecule has 1 atom stereocenters. The molecule has 25 heavy (non-hydrogen) atoms. The lowest BCUT2D eigenvalue weighted by atomic mass is 10.2. The van der Waals surface area contributed by atoms with Crippen molar-refractivity contribution in [3.8, 4) is 11.5 Å². The number of esters is 1. The first-order valence-electron chi connectivity index (χ1n) is 7.44. The van der Waals surface area contributed by atoms with E-state index in [1.807, 2.05) is 0 Å². The van der Waals surface area contributed by atoms with Crippen LogP contribution >= 0.6 is 11.6 Å². The Hall–Kier alpha value is -2.73. The van der Waals surface area contributed by atoms with Gasteiger partial charge in [-0.25, -0.2) is 4.79 Å². The van der Waals surface area contributed by atoms with E-state index in [2.05, 4.69) is 10.1 Å². The lowest BCUT2D eigenvalue weighted by molar-refractivity contribution is -0.122. The average Bonchev–Trinajstić information content (AvgIpc) is 2.63. The highest BCUT2D eigenvalue weighted by Gasteiger charge is 2.19. The van der Waals surface area contributed by atoms with Crippen LogP contribution in [0.25, 0.3) is 0 Å². The van der Waals surface area contributed by atoms with E-state index >= 15 is 0 Å². The molecule has 0 aliphatic rings. The van der Waals surface area contributed by atoms with Gasteiger partial charge in [0, 0.05) is 0 Å². The number of amides is 1. The molecule has 0 radical (unpaired) electrons. The molecule has 1 N–H and O–H groups in total. The van der Waals surface area contributed by atoms with E-state index in [0.29, 0.717) is 22.2 Å². The zero-order valence-electron chi connectivity index (χ0n) is 14.0. The number of anilines is 1. The predicted octanol–water partition coefficient (Wildman–Crippen LogP) is 3.54. The summed E-state index contributed by atoms with van der Waals surface area (Å²) in [6, 6.07) is 11.5. The Balaban J connectivity index is 2.12. The van der Waals surface area contributed by atoms with Crippen molar-refractivity contribution in [2.24, 2.45) is 0 Å². The fourth-order valence-corrected chi connectivity index (χ4v) is 2.23. The van der Waals surface area contributed by atoms with Gasteiger partial charge in [0.15, 0.2) is 17.6 Å². The number of nitrogens with one attached hydrogen (secondary N) is 1. The Bertz CT molecular complexity index is 778. The Labute approximate surface area is 150 Å². The summed E-state index contributed by atoms with van der Waals surface area (Å²) in [5, 5.41) is 2.94. The zero-order chi connectivity index (χ0) is 18.4. The van der Waals surface area contributed by atoms with Gasteiger partial charge in [0.25, 0.3) is 5.91 Å². The van der Waals surface area contributed by atoms with Crippen LogP contribution in [0.3, 0.4) is 0 Å². The molecule has 1 amide bonds. The van der Waals surface area contributed by atoms with Crippen molar-refractivity contribution in [3.63, 3.8) is 0 Å². The summed E-state index contributed by atoms with van der Waals surface area (Å²) in [7, 11) is 2.80. The van der Waals surface area contributed by atoms with E-state index in [1.54, 1.807) is 31.2 Å². The highest BCUT2D eigenvalue weighted by Crippen LogP contribution is 2.28. The molecule has 2 aromatic carbocycles. The molecule has 0 aliphatic carbocycles. The molecule has 0 unspecified atom stereocenters. The van der Waals surface area contributed by atoms with Gasteiger partial charge in [0.1, 0.15) is 0 Å². The normalized spacial score (nSPS) is 11.4. The van der Waals surface area contributed by atoms with Crippen molar-refractivity contribution in [1.82, 2.24) is 0 Å². The van der Waals surface area contributed by atoms with Crippen molar-refractivity contribution < 1.29 is 23.8 Å². The highest BCUT2D eigenvalue weighted by molar-refractivity contribution is 6.33.